The molecule has 0 heterocycles. The maximum atomic E-state index is 9.27. The number of nitrogens with zero attached hydrogens (tertiary/aromatic N) is 1. The number of rotatable bonds is 6. The molecular formula is C17H27NO. The Morgan fingerprint density at radius 1 is 1.11 bits per heavy atom. The van der Waals surface area contributed by atoms with Gasteiger partial charge < -0.3 is 10.0 Å². The van der Waals surface area contributed by atoms with Gasteiger partial charge in [0.05, 0.1) is 0 Å². The third-order valence-corrected chi connectivity index (χ3v) is 4.34. The second-order valence-electron chi connectivity index (χ2n) is 5.69. The van der Waals surface area contributed by atoms with Gasteiger partial charge >= 0.3 is 0 Å². The van der Waals surface area contributed by atoms with E-state index in [1.807, 2.05) is 12.1 Å². The van der Waals surface area contributed by atoms with E-state index in [9.17, 15) is 5.11 Å². The van der Waals surface area contributed by atoms with Gasteiger partial charge in [-0.25, -0.2) is 0 Å². The zero-order valence-corrected chi connectivity index (χ0v) is 12.1. The van der Waals surface area contributed by atoms with Crippen LogP contribution in [0, 0.1) is 0 Å². The number of hydrogen-bond acceptors (Lipinski definition) is 2. The van der Waals surface area contributed by atoms with Gasteiger partial charge in [0.1, 0.15) is 5.75 Å². The van der Waals surface area contributed by atoms with Crippen molar-refractivity contribution in [2.24, 2.45) is 0 Å². The van der Waals surface area contributed by atoms with Gasteiger partial charge in [-0.3, -0.25) is 0 Å². The van der Waals surface area contributed by atoms with Crippen LogP contribution in [0.1, 0.15) is 51.0 Å². The van der Waals surface area contributed by atoms with Crippen molar-refractivity contribution in [1.29, 1.82) is 0 Å². The maximum absolute atomic E-state index is 9.27. The lowest BCUT2D eigenvalue weighted by atomic mass is 9.94. The smallest absolute Gasteiger partial charge is 0.115 e. The summed E-state index contributed by atoms with van der Waals surface area (Å²) in [5, 5.41) is 9.27. The lowest BCUT2D eigenvalue weighted by Crippen LogP contribution is -2.37. The molecule has 106 valence electrons. The fraction of sp³-hybridized carbons (Fsp3) is 0.647. The molecule has 1 aromatic carbocycles. The predicted molar refractivity (Wildman–Crippen MR) is 80.5 cm³/mol. The van der Waals surface area contributed by atoms with Crippen LogP contribution in [0.25, 0.3) is 0 Å². The first-order valence-electron chi connectivity index (χ1n) is 7.81. The van der Waals surface area contributed by atoms with E-state index in [1.54, 1.807) is 12.1 Å². The molecule has 0 saturated heterocycles. The predicted octanol–water partition coefficient (Wildman–Crippen LogP) is 3.98. The number of aromatic hydroxyl groups is 1. The van der Waals surface area contributed by atoms with Crippen molar-refractivity contribution in [3.05, 3.63) is 29.8 Å². The summed E-state index contributed by atoms with van der Waals surface area (Å²) in [6.07, 6.45) is 9.39. The van der Waals surface area contributed by atoms with E-state index in [0.717, 1.165) is 12.5 Å². The third-order valence-electron chi connectivity index (χ3n) is 4.34. The van der Waals surface area contributed by atoms with Gasteiger partial charge in [0.2, 0.25) is 0 Å². The molecule has 0 atom stereocenters. The fourth-order valence-electron chi connectivity index (χ4n) is 3.19. The average molecular weight is 261 g/mol. The highest BCUT2D eigenvalue weighted by atomic mass is 16.3. The Labute approximate surface area is 117 Å². The molecule has 0 bridgehead atoms. The third kappa shape index (κ3) is 4.54. The van der Waals surface area contributed by atoms with Crippen molar-refractivity contribution in [2.75, 3.05) is 13.1 Å². The van der Waals surface area contributed by atoms with Crippen LogP contribution in [-0.2, 0) is 6.42 Å². The maximum Gasteiger partial charge on any atom is 0.115 e. The van der Waals surface area contributed by atoms with Crippen LogP contribution in [0.3, 0.4) is 0 Å². The molecule has 2 nitrogen and oxygen atoms in total. The zero-order chi connectivity index (χ0) is 13.5. The quantitative estimate of drug-likeness (QED) is 0.837. The highest BCUT2D eigenvalue weighted by Crippen LogP contribution is 2.22. The SMILES string of the molecule is CCN(CCCc1ccc(O)cc1)C1CCCCC1. The number of hydrogen-bond donors (Lipinski definition) is 1. The average Bonchev–Trinajstić information content (AvgIpc) is 2.46. The van der Waals surface area contributed by atoms with Crippen molar-refractivity contribution in [1.82, 2.24) is 4.90 Å². The van der Waals surface area contributed by atoms with Crippen LogP contribution in [0.4, 0.5) is 0 Å². The molecule has 2 heteroatoms. The Balaban J connectivity index is 1.74. The molecule has 2 rings (SSSR count). The van der Waals surface area contributed by atoms with Gasteiger partial charge in [0.25, 0.3) is 0 Å². The number of phenolic OH excluding ortho intramolecular Hbond substituents is 1. The van der Waals surface area contributed by atoms with Crippen LogP contribution < -0.4 is 0 Å². The molecule has 1 N–H and O–H groups in total. The Morgan fingerprint density at radius 3 is 2.42 bits per heavy atom. The second-order valence-corrected chi connectivity index (χ2v) is 5.69. The van der Waals surface area contributed by atoms with Gasteiger partial charge in [0.15, 0.2) is 0 Å². The van der Waals surface area contributed by atoms with Crippen molar-refractivity contribution < 1.29 is 5.11 Å². The molecule has 0 spiro atoms. The van der Waals surface area contributed by atoms with Crippen LogP contribution in [0.15, 0.2) is 24.3 Å². The summed E-state index contributed by atoms with van der Waals surface area (Å²) in [5.74, 6) is 0.362. The Kier molecular flexibility index (Phi) is 5.71. The molecule has 1 saturated carbocycles. The van der Waals surface area contributed by atoms with Crippen LogP contribution in [-0.4, -0.2) is 29.1 Å². The lowest BCUT2D eigenvalue weighted by molar-refractivity contribution is 0.162. The minimum Gasteiger partial charge on any atom is -0.508 e. The summed E-state index contributed by atoms with van der Waals surface area (Å²) in [7, 11) is 0. The minimum atomic E-state index is 0.362. The normalized spacial score (nSPS) is 16.9. The van der Waals surface area contributed by atoms with Crippen molar-refractivity contribution in [3.8, 4) is 5.75 Å². The van der Waals surface area contributed by atoms with Crippen molar-refractivity contribution in [2.45, 2.75) is 57.9 Å². The van der Waals surface area contributed by atoms with Crippen LogP contribution in [0.5, 0.6) is 5.75 Å². The summed E-state index contributed by atoms with van der Waals surface area (Å²) >= 11 is 0. The van der Waals surface area contributed by atoms with E-state index in [1.165, 1.54) is 57.2 Å². The highest BCUT2D eigenvalue weighted by Gasteiger charge is 2.19. The highest BCUT2D eigenvalue weighted by molar-refractivity contribution is 5.25. The Bertz CT molecular complexity index is 354. The van der Waals surface area contributed by atoms with E-state index < -0.39 is 0 Å². The first-order valence-corrected chi connectivity index (χ1v) is 7.81. The molecule has 1 aromatic rings. The van der Waals surface area contributed by atoms with E-state index in [4.69, 9.17) is 0 Å². The molecule has 0 amide bonds. The molecule has 19 heavy (non-hydrogen) atoms. The van der Waals surface area contributed by atoms with Crippen LogP contribution >= 0.6 is 0 Å². The summed E-state index contributed by atoms with van der Waals surface area (Å²) in [4.78, 5) is 2.67. The molecule has 1 aliphatic carbocycles. The summed E-state index contributed by atoms with van der Waals surface area (Å²) in [6, 6.07) is 8.47. The van der Waals surface area contributed by atoms with Gasteiger partial charge in [-0.1, -0.05) is 38.3 Å². The monoisotopic (exact) mass is 261 g/mol. The Hall–Kier alpha value is -1.02. The molecular weight excluding hydrogens is 234 g/mol. The number of benzene rings is 1. The molecule has 1 aliphatic rings. The first-order chi connectivity index (χ1) is 9.29. The van der Waals surface area contributed by atoms with E-state index in [0.29, 0.717) is 5.75 Å². The van der Waals surface area contributed by atoms with Crippen molar-refractivity contribution in [3.63, 3.8) is 0 Å². The summed E-state index contributed by atoms with van der Waals surface area (Å²) in [5.41, 5.74) is 1.33. The fourth-order valence-corrected chi connectivity index (χ4v) is 3.19. The number of aryl methyl sites for hydroxylation is 1. The Morgan fingerprint density at radius 2 is 1.79 bits per heavy atom. The van der Waals surface area contributed by atoms with Gasteiger partial charge in [-0.15, -0.1) is 0 Å². The standard InChI is InChI=1S/C17H27NO/c1-2-18(16-8-4-3-5-9-16)14-6-7-15-10-12-17(19)13-11-15/h10-13,16,19H,2-9,14H2,1H3. The van der Waals surface area contributed by atoms with Gasteiger partial charge in [0, 0.05) is 6.04 Å². The summed E-state index contributed by atoms with van der Waals surface area (Å²) < 4.78 is 0. The van der Waals surface area contributed by atoms with E-state index >= 15 is 0 Å². The lowest BCUT2D eigenvalue weighted by Gasteiger charge is -2.33. The molecule has 0 unspecified atom stereocenters. The topological polar surface area (TPSA) is 23.5 Å². The van der Waals surface area contributed by atoms with E-state index in [2.05, 4.69) is 11.8 Å². The van der Waals surface area contributed by atoms with E-state index in [-0.39, 0.29) is 0 Å². The van der Waals surface area contributed by atoms with Crippen molar-refractivity contribution >= 4 is 0 Å². The minimum absolute atomic E-state index is 0.362. The van der Waals surface area contributed by atoms with Gasteiger partial charge in [-0.05, 0) is 56.5 Å². The second kappa shape index (κ2) is 7.54. The molecule has 0 aromatic heterocycles. The van der Waals surface area contributed by atoms with Gasteiger partial charge in [-0.2, -0.15) is 0 Å². The molecule has 1 fully saturated rings. The largest absolute Gasteiger partial charge is 0.508 e. The van der Waals surface area contributed by atoms with Crippen LogP contribution in [0.2, 0.25) is 0 Å². The summed E-state index contributed by atoms with van der Waals surface area (Å²) in [6.45, 7) is 4.68. The number of phenols is 1. The molecule has 0 aliphatic heterocycles. The zero-order valence-electron chi connectivity index (χ0n) is 12.1. The molecule has 0 radical (unpaired) electrons. The first kappa shape index (κ1) is 14.4.